The molecule has 1 aromatic rings. The van der Waals surface area contributed by atoms with Gasteiger partial charge in [0.25, 0.3) is 5.91 Å². The Morgan fingerprint density at radius 2 is 1.65 bits per heavy atom. The number of rotatable bonds is 4. The van der Waals surface area contributed by atoms with Gasteiger partial charge in [-0.15, -0.1) is 0 Å². The van der Waals surface area contributed by atoms with Gasteiger partial charge in [0.15, 0.2) is 0 Å². The lowest BCUT2D eigenvalue weighted by Crippen LogP contribution is -2.50. The van der Waals surface area contributed by atoms with Crippen LogP contribution in [0.25, 0.3) is 0 Å². The highest BCUT2D eigenvalue weighted by atomic mass is 16.5. The van der Waals surface area contributed by atoms with Gasteiger partial charge in [-0.25, -0.2) is 0 Å². The number of carbonyl (C=O) groups is 1. The molecule has 2 aliphatic heterocycles. The highest BCUT2D eigenvalue weighted by Gasteiger charge is 2.26. The molecular weight excluding hydrogens is 326 g/mol. The molecule has 5 nitrogen and oxygen atoms in total. The van der Waals surface area contributed by atoms with Crippen LogP contribution in [0.2, 0.25) is 0 Å². The van der Waals surface area contributed by atoms with E-state index in [-0.39, 0.29) is 12.0 Å². The summed E-state index contributed by atoms with van der Waals surface area (Å²) >= 11 is 0. The van der Waals surface area contributed by atoms with Crippen molar-refractivity contribution in [3.05, 3.63) is 24.3 Å². The number of benzene rings is 1. The SMILES string of the molecule is O=C(Nc1ccc(N2CCN(C3CCCCC3)CC2)cc1)C1CCCO1. The molecule has 2 saturated heterocycles. The predicted molar refractivity (Wildman–Crippen MR) is 105 cm³/mol. The first-order valence-electron chi connectivity index (χ1n) is 10.3. The summed E-state index contributed by atoms with van der Waals surface area (Å²) in [5.41, 5.74) is 2.11. The van der Waals surface area contributed by atoms with Gasteiger partial charge in [0.05, 0.1) is 0 Å². The van der Waals surface area contributed by atoms with Crippen LogP contribution in [0.1, 0.15) is 44.9 Å². The maximum atomic E-state index is 12.1. The smallest absolute Gasteiger partial charge is 0.253 e. The minimum atomic E-state index is -0.275. The Hall–Kier alpha value is -1.59. The molecule has 0 aromatic heterocycles. The van der Waals surface area contributed by atoms with Crippen molar-refractivity contribution in [3.8, 4) is 0 Å². The van der Waals surface area contributed by atoms with Crippen molar-refractivity contribution in [2.24, 2.45) is 0 Å². The molecule has 1 N–H and O–H groups in total. The molecule has 142 valence electrons. The number of nitrogens with zero attached hydrogens (tertiary/aromatic N) is 2. The summed E-state index contributed by atoms with van der Waals surface area (Å²) in [7, 11) is 0. The normalized spacial score (nSPS) is 25.4. The Kier molecular flexibility index (Phi) is 5.75. The molecule has 5 heteroatoms. The van der Waals surface area contributed by atoms with Crippen LogP contribution in [0.15, 0.2) is 24.3 Å². The van der Waals surface area contributed by atoms with Crippen LogP contribution in [0, 0.1) is 0 Å². The van der Waals surface area contributed by atoms with Gasteiger partial charge in [-0.05, 0) is 49.9 Å². The molecule has 1 amide bonds. The second-order valence-corrected chi connectivity index (χ2v) is 7.85. The van der Waals surface area contributed by atoms with Crippen molar-refractivity contribution < 1.29 is 9.53 Å². The number of piperazine rings is 1. The van der Waals surface area contributed by atoms with Crippen molar-refractivity contribution >= 4 is 17.3 Å². The van der Waals surface area contributed by atoms with Crippen molar-refractivity contribution in [2.75, 3.05) is 43.0 Å². The van der Waals surface area contributed by atoms with Gasteiger partial charge >= 0.3 is 0 Å². The molecule has 3 aliphatic rings. The Morgan fingerprint density at radius 3 is 2.31 bits per heavy atom. The van der Waals surface area contributed by atoms with Gasteiger partial charge in [0.1, 0.15) is 6.10 Å². The van der Waals surface area contributed by atoms with E-state index < -0.39 is 0 Å². The molecule has 0 radical (unpaired) electrons. The second-order valence-electron chi connectivity index (χ2n) is 7.85. The zero-order chi connectivity index (χ0) is 17.8. The zero-order valence-corrected chi connectivity index (χ0v) is 15.7. The summed E-state index contributed by atoms with van der Waals surface area (Å²) in [6, 6.07) is 9.09. The Labute approximate surface area is 156 Å². The fourth-order valence-electron chi connectivity index (χ4n) is 4.55. The van der Waals surface area contributed by atoms with E-state index in [4.69, 9.17) is 4.74 Å². The first-order valence-corrected chi connectivity index (χ1v) is 10.3. The summed E-state index contributed by atoms with van der Waals surface area (Å²) in [5.74, 6) is -0.0173. The van der Waals surface area contributed by atoms with Crippen molar-refractivity contribution in [2.45, 2.75) is 57.1 Å². The van der Waals surface area contributed by atoms with Gasteiger partial charge in [0.2, 0.25) is 0 Å². The molecular formula is C21H31N3O2. The molecule has 3 fully saturated rings. The van der Waals surface area contributed by atoms with Gasteiger partial charge in [-0.3, -0.25) is 9.69 Å². The number of hydrogen-bond acceptors (Lipinski definition) is 4. The molecule has 26 heavy (non-hydrogen) atoms. The van der Waals surface area contributed by atoms with Crippen LogP contribution >= 0.6 is 0 Å². The second kappa shape index (κ2) is 8.40. The number of nitrogens with one attached hydrogen (secondary N) is 1. The maximum absolute atomic E-state index is 12.1. The number of hydrogen-bond donors (Lipinski definition) is 1. The van der Waals surface area contributed by atoms with Crippen LogP contribution in [0.4, 0.5) is 11.4 Å². The number of anilines is 2. The summed E-state index contributed by atoms with van der Waals surface area (Å²) in [6.07, 6.45) is 8.54. The van der Waals surface area contributed by atoms with Crippen LogP contribution in [-0.2, 0) is 9.53 Å². The van der Waals surface area contributed by atoms with Gasteiger partial charge in [0, 0.05) is 50.2 Å². The van der Waals surface area contributed by atoms with Crippen molar-refractivity contribution in [1.82, 2.24) is 4.90 Å². The molecule has 1 aliphatic carbocycles. The van der Waals surface area contributed by atoms with E-state index in [1.54, 1.807) is 0 Å². The van der Waals surface area contributed by atoms with E-state index in [1.165, 1.54) is 50.9 Å². The van der Waals surface area contributed by atoms with Crippen LogP contribution in [0.3, 0.4) is 0 Å². The molecule has 0 spiro atoms. The fourth-order valence-corrected chi connectivity index (χ4v) is 4.55. The number of amides is 1. The number of ether oxygens (including phenoxy) is 1. The summed E-state index contributed by atoms with van der Waals surface area (Å²) in [5, 5.41) is 2.97. The summed E-state index contributed by atoms with van der Waals surface area (Å²) < 4.78 is 5.44. The lowest BCUT2D eigenvalue weighted by molar-refractivity contribution is -0.124. The Morgan fingerprint density at radius 1 is 0.923 bits per heavy atom. The molecule has 1 unspecified atom stereocenters. The molecule has 4 rings (SSSR count). The third kappa shape index (κ3) is 4.21. The topological polar surface area (TPSA) is 44.8 Å². The molecule has 1 aromatic carbocycles. The van der Waals surface area contributed by atoms with Crippen LogP contribution in [-0.4, -0.2) is 55.7 Å². The van der Waals surface area contributed by atoms with Crippen molar-refractivity contribution in [1.29, 1.82) is 0 Å². The third-order valence-electron chi connectivity index (χ3n) is 6.13. The van der Waals surface area contributed by atoms with Gasteiger partial charge in [-0.2, -0.15) is 0 Å². The third-order valence-corrected chi connectivity index (χ3v) is 6.13. The average Bonchev–Trinajstić information content (AvgIpc) is 3.25. The standard InChI is InChI=1S/C21H31N3O2/c25-21(20-7-4-16-26-20)22-17-8-10-19(11-9-17)24-14-12-23(13-15-24)18-5-2-1-3-6-18/h8-11,18,20H,1-7,12-16H2,(H,22,25). The van der Waals surface area contributed by atoms with E-state index >= 15 is 0 Å². The lowest BCUT2D eigenvalue weighted by atomic mass is 9.94. The van der Waals surface area contributed by atoms with E-state index in [1.807, 2.05) is 12.1 Å². The number of carbonyl (C=O) groups excluding carboxylic acids is 1. The van der Waals surface area contributed by atoms with Crippen LogP contribution < -0.4 is 10.2 Å². The Balaban J connectivity index is 1.28. The van der Waals surface area contributed by atoms with Crippen LogP contribution in [0.5, 0.6) is 0 Å². The molecule has 1 atom stereocenters. The lowest BCUT2D eigenvalue weighted by Gasteiger charge is -2.41. The first kappa shape index (κ1) is 17.8. The van der Waals surface area contributed by atoms with Crippen molar-refractivity contribution in [3.63, 3.8) is 0 Å². The monoisotopic (exact) mass is 357 g/mol. The van der Waals surface area contributed by atoms with E-state index in [0.717, 1.165) is 37.7 Å². The molecule has 2 heterocycles. The fraction of sp³-hybridized carbons (Fsp3) is 0.667. The largest absolute Gasteiger partial charge is 0.369 e. The van der Waals surface area contributed by atoms with E-state index in [9.17, 15) is 4.79 Å². The molecule has 1 saturated carbocycles. The van der Waals surface area contributed by atoms with E-state index in [2.05, 4.69) is 27.2 Å². The average molecular weight is 357 g/mol. The quantitative estimate of drug-likeness (QED) is 0.898. The van der Waals surface area contributed by atoms with E-state index in [0.29, 0.717) is 6.61 Å². The summed E-state index contributed by atoms with van der Waals surface area (Å²) in [4.78, 5) is 17.3. The minimum Gasteiger partial charge on any atom is -0.369 e. The Bertz CT molecular complexity index is 584. The molecule has 0 bridgehead atoms. The minimum absolute atomic E-state index is 0.0173. The highest BCUT2D eigenvalue weighted by molar-refractivity contribution is 5.94. The zero-order valence-electron chi connectivity index (χ0n) is 15.7. The first-order chi connectivity index (χ1) is 12.8. The highest BCUT2D eigenvalue weighted by Crippen LogP contribution is 2.25. The maximum Gasteiger partial charge on any atom is 0.253 e. The van der Waals surface area contributed by atoms with Gasteiger partial charge < -0.3 is 15.0 Å². The summed E-state index contributed by atoms with van der Waals surface area (Å²) in [6.45, 7) is 5.23. The van der Waals surface area contributed by atoms with Gasteiger partial charge in [-0.1, -0.05) is 19.3 Å². The predicted octanol–water partition coefficient (Wildman–Crippen LogP) is 3.26.